The fourth-order valence-corrected chi connectivity index (χ4v) is 3.54. The first kappa shape index (κ1) is 22.1. The zero-order valence-electron chi connectivity index (χ0n) is 17.5. The number of rotatable bonds is 7. The van der Waals surface area contributed by atoms with Crippen LogP contribution in [0.5, 0.6) is 0 Å². The van der Waals surface area contributed by atoms with Crippen LogP contribution in [-0.4, -0.2) is 47.9 Å². The number of nitrogens with one attached hydrogen (secondary N) is 2. The first-order chi connectivity index (χ1) is 14.7. The van der Waals surface area contributed by atoms with Gasteiger partial charge in [-0.05, 0) is 61.9 Å². The number of carbonyl (C=O) groups excluding carboxylic acids is 1. The van der Waals surface area contributed by atoms with Crippen molar-refractivity contribution >= 4 is 23.5 Å². The summed E-state index contributed by atoms with van der Waals surface area (Å²) in [5, 5.41) is 7.11. The van der Waals surface area contributed by atoms with Crippen LogP contribution >= 0.6 is 11.6 Å². The molecule has 2 N–H and O–H groups in total. The van der Waals surface area contributed by atoms with Gasteiger partial charge in [0.05, 0.1) is 6.54 Å². The summed E-state index contributed by atoms with van der Waals surface area (Å²) < 4.78 is 0. The Kier molecular flexibility index (Phi) is 8.51. The minimum Gasteiger partial charge on any atom is -0.357 e. The van der Waals surface area contributed by atoms with E-state index in [1.807, 2.05) is 42.2 Å². The van der Waals surface area contributed by atoms with Crippen LogP contribution < -0.4 is 10.6 Å². The predicted molar refractivity (Wildman–Crippen MR) is 122 cm³/mol. The lowest BCUT2D eigenvalue weighted by Crippen LogP contribution is -2.38. The molecule has 6 nitrogen and oxygen atoms in total. The van der Waals surface area contributed by atoms with E-state index >= 15 is 0 Å². The molecule has 0 atom stereocenters. The Hall–Kier alpha value is -2.60. The van der Waals surface area contributed by atoms with Gasteiger partial charge >= 0.3 is 0 Å². The summed E-state index contributed by atoms with van der Waals surface area (Å²) in [5.41, 5.74) is 2.95. The Balaban J connectivity index is 1.52. The van der Waals surface area contributed by atoms with Gasteiger partial charge in [-0.1, -0.05) is 29.8 Å². The number of guanidine groups is 1. The maximum absolute atomic E-state index is 12.6. The molecule has 0 aliphatic carbocycles. The Morgan fingerprint density at radius 2 is 1.80 bits per heavy atom. The molecule has 160 valence electrons. The van der Waals surface area contributed by atoms with E-state index in [9.17, 15) is 4.79 Å². The summed E-state index contributed by atoms with van der Waals surface area (Å²) in [7, 11) is 0. The fourth-order valence-electron chi connectivity index (χ4n) is 3.42. The second-order valence-corrected chi connectivity index (χ2v) is 7.80. The lowest BCUT2D eigenvalue weighted by atomic mass is 10.1. The molecular weight excluding hydrogens is 398 g/mol. The summed E-state index contributed by atoms with van der Waals surface area (Å²) in [6, 6.07) is 11.6. The Bertz CT molecular complexity index is 830. The number of aromatic nitrogens is 1. The van der Waals surface area contributed by atoms with Crippen LogP contribution in [0.4, 0.5) is 0 Å². The normalized spacial score (nSPS) is 14.5. The third-order valence-corrected chi connectivity index (χ3v) is 5.33. The lowest BCUT2D eigenvalue weighted by Gasteiger charge is -2.26. The summed E-state index contributed by atoms with van der Waals surface area (Å²) in [6.45, 7) is 5.87. The third kappa shape index (κ3) is 6.73. The third-order valence-electron chi connectivity index (χ3n) is 5.10. The second-order valence-electron chi connectivity index (χ2n) is 7.41. The Labute approximate surface area is 183 Å². The number of hydrogen-bond acceptors (Lipinski definition) is 3. The number of nitrogens with zero attached hydrogens (tertiary/aromatic N) is 3. The molecule has 2 aromatic rings. The monoisotopic (exact) mass is 427 g/mol. The van der Waals surface area contributed by atoms with Gasteiger partial charge in [0, 0.05) is 37.9 Å². The Morgan fingerprint density at radius 1 is 1.07 bits per heavy atom. The SMILES string of the molecule is CCNC(=NCc1ccc(C(=O)N2CCCCC2)cc1)NCCc1ccc(Cl)nc1. The lowest BCUT2D eigenvalue weighted by molar-refractivity contribution is 0.0724. The van der Waals surface area contributed by atoms with E-state index in [0.717, 1.165) is 68.1 Å². The quantitative estimate of drug-likeness (QED) is 0.402. The zero-order chi connectivity index (χ0) is 21.2. The van der Waals surface area contributed by atoms with E-state index in [-0.39, 0.29) is 5.91 Å². The van der Waals surface area contributed by atoms with Crippen LogP contribution in [-0.2, 0) is 13.0 Å². The van der Waals surface area contributed by atoms with Crippen LogP contribution in [0, 0.1) is 0 Å². The highest BCUT2D eigenvalue weighted by Crippen LogP contribution is 2.14. The van der Waals surface area contributed by atoms with E-state index in [0.29, 0.717) is 11.7 Å². The van der Waals surface area contributed by atoms with Crippen molar-refractivity contribution in [3.8, 4) is 0 Å². The van der Waals surface area contributed by atoms with Crippen molar-refractivity contribution in [2.24, 2.45) is 4.99 Å². The summed E-state index contributed by atoms with van der Waals surface area (Å²) in [6.07, 6.45) is 6.06. The highest BCUT2D eigenvalue weighted by Gasteiger charge is 2.17. The van der Waals surface area contributed by atoms with Crippen molar-refractivity contribution in [3.63, 3.8) is 0 Å². The van der Waals surface area contributed by atoms with E-state index in [2.05, 4.69) is 20.6 Å². The molecular formula is C23H30ClN5O. The number of hydrogen-bond donors (Lipinski definition) is 2. The van der Waals surface area contributed by atoms with Gasteiger partial charge in [0.15, 0.2) is 5.96 Å². The molecule has 0 saturated carbocycles. The molecule has 1 saturated heterocycles. The summed E-state index contributed by atoms with van der Waals surface area (Å²) in [4.78, 5) is 23.3. The van der Waals surface area contributed by atoms with E-state index < -0.39 is 0 Å². The van der Waals surface area contributed by atoms with Crippen molar-refractivity contribution in [1.82, 2.24) is 20.5 Å². The number of aliphatic imine (C=N–C) groups is 1. The molecule has 1 aromatic heterocycles. The molecule has 1 amide bonds. The standard InChI is InChI=1S/C23H30ClN5O/c1-2-25-23(26-13-12-19-8-11-21(24)27-16-19)28-17-18-6-9-20(10-7-18)22(30)29-14-4-3-5-15-29/h6-11,16H,2-5,12-15,17H2,1H3,(H2,25,26,28). The fraction of sp³-hybridized carbons (Fsp3) is 0.435. The minimum absolute atomic E-state index is 0.136. The Morgan fingerprint density at radius 3 is 2.47 bits per heavy atom. The number of likely N-dealkylation sites (tertiary alicyclic amines) is 1. The maximum Gasteiger partial charge on any atom is 0.253 e. The van der Waals surface area contributed by atoms with E-state index in [1.54, 1.807) is 12.3 Å². The average Bonchev–Trinajstić information content (AvgIpc) is 2.79. The van der Waals surface area contributed by atoms with Crippen molar-refractivity contribution in [2.75, 3.05) is 26.2 Å². The first-order valence-electron chi connectivity index (χ1n) is 10.7. The van der Waals surface area contributed by atoms with Crippen molar-refractivity contribution in [2.45, 2.75) is 39.2 Å². The van der Waals surface area contributed by atoms with Gasteiger partial charge in [-0.15, -0.1) is 0 Å². The van der Waals surface area contributed by atoms with E-state index in [4.69, 9.17) is 11.6 Å². The molecule has 0 bridgehead atoms. The average molecular weight is 428 g/mol. The smallest absolute Gasteiger partial charge is 0.253 e. The molecule has 0 spiro atoms. The molecule has 30 heavy (non-hydrogen) atoms. The van der Waals surface area contributed by atoms with Crippen molar-refractivity contribution in [1.29, 1.82) is 0 Å². The van der Waals surface area contributed by atoms with Crippen molar-refractivity contribution in [3.05, 3.63) is 64.4 Å². The molecule has 1 aliphatic rings. The minimum atomic E-state index is 0.136. The molecule has 2 heterocycles. The number of halogens is 1. The van der Waals surface area contributed by atoms with Crippen LogP contribution in [0.25, 0.3) is 0 Å². The maximum atomic E-state index is 12.6. The van der Waals surface area contributed by atoms with Gasteiger partial charge in [-0.25, -0.2) is 9.98 Å². The van der Waals surface area contributed by atoms with Gasteiger partial charge in [-0.3, -0.25) is 4.79 Å². The van der Waals surface area contributed by atoms with Gasteiger partial charge in [-0.2, -0.15) is 0 Å². The zero-order valence-corrected chi connectivity index (χ0v) is 18.3. The van der Waals surface area contributed by atoms with Crippen LogP contribution in [0.2, 0.25) is 5.15 Å². The predicted octanol–water partition coefficient (Wildman–Crippen LogP) is 3.66. The molecule has 3 rings (SSSR count). The largest absolute Gasteiger partial charge is 0.357 e. The van der Waals surface area contributed by atoms with Crippen LogP contribution in [0.3, 0.4) is 0 Å². The van der Waals surface area contributed by atoms with Crippen molar-refractivity contribution < 1.29 is 4.79 Å². The van der Waals surface area contributed by atoms with E-state index in [1.165, 1.54) is 6.42 Å². The topological polar surface area (TPSA) is 69.6 Å². The molecule has 1 aliphatic heterocycles. The molecule has 1 fully saturated rings. The van der Waals surface area contributed by atoms with Crippen LogP contribution in [0.15, 0.2) is 47.6 Å². The second kappa shape index (κ2) is 11.6. The van der Waals surface area contributed by atoms with Gasteiger partial charge < -0.3 is 15.5 Å². The number of benzene rings is 1. The number of pyridine rings is 1. The number of amides is 1. The highest BCUT2D eigenvalue weighted by atomic mass is 35.5. The highest BCUT2D eigenvalue weighted by molar-refractivity contribution is 6.29. The van der Waals surface area contributed by atoms with Gasteiger partial charge in [0.25, 0.3) is 5.91 Å². The summed E-state index contributed by atoms with van der Waals surface area (Å²) in [5.74, 6) is 0.907. The molecule has 0 radical (unpaired) electrons. The summed E-state index contributed by atoms with van der Waals surface area (Å²) >= 11 is 5.83. The molecule has 7 heteroatoms. The number of carbonyl (C=O) groups is 1. The van der Waals surface area contributed by atoms with Crippen LogP contribution in [0.1, 0.15) is 47.7 Å². The van der Waals surface area contributed by atoms with Gasteiger partial charge in [0.1, 0.15) is 5.15 Å². The van der Waals surface area contributed by atoms with Gasteiger partial charge in [0.2, 0.25) is 0 Å². The molecule has 0 unspecified atom stereocenters. The molecule has 1 aromatic carbocycles. The number of piperidine rings is 1. The first-order valence-corrected chi connectivity index (χ1v) is 11.0.